The number of primary amides is 1. The van der Waals surface area contributed by atoms with Crippen molar-refractivity contribution in [3.05, 3.63) is 0 Å². The molecular formula is C16H29N3O4. The summed E-state index contributed by atoms with van der Waals surface area (Å²) in [6, 6.07) is -1.50. The van der Waals surface area contributed by atoms with E-state index in [2.05, 4.69) is 5.32 Å². The molecule has 0 saturated carbocycles. The third kappa shape index (κ3) is 9.07. The monoisotopic (exact) mass is 327 g/mol. The van der Waals surface area contributed by atoms with Crippen LogP contribution in [-0.4, -0.2) is 35.5 Å². The molecule has 0 rings (SSSR count). The molecule has 0 unspecified atom stereocenters. The molecule has 0 heterocycles. The van der Waals surface area contributed by atoms with E-state index in [1.165, 1.54) is 13.8 Å². The van der Waals surface area contributed by atoms with E-state index >= 15 is 0 Å². The SMILES string of the molecule is C[C@H](N)C(=O)N[C@@H](C)C(=O)C[C@@H](CC(N)=O)C(=O)CC(C)(C)C. The van der Waals surface area contributed by atoms with Gasteiger partial charge in [0.05, 0.1) is 12.1 Å². The normalized spacial score (nSPS) is 15.4. The minimum atomic E-state index is -0.772. The quantitative estimate of drug-likeness (QED) is 0.560. The van der Waals surface area contributed by atoms with Gasteiger partial charge in [0.15, 0.2) is 5.78 Å². The van der Waals surface area contributed by atoms with Crippen LogP contribution in [0.5, 0.6) is 0 Å². The smallest absolute Gasteiger partial charge is 0.237 e. The average Bonchev–Trinajstić information content (AvgIpc) is 2.34. The van der Waals surface area contributed by atoms with Gasteiger partial charge in [0, 0.05) is 25.2 Å². The molecule has 0 aliphatic rings. The molecule has 0 aromatic heterocycles. The molecule has 0 fully saturated rings. The van der Waals surface area contributed by atoms with Crippen LogP contribution in [0.15, 0.2) is 0 Å². The average molecular weight is 327 g/mol. The van der Waals surface area contributed by atoms with Gasteiger partial charge in [-0.1, -0.05) is 20.8 Å². The third-order valence-corrected chi connectivity index (χ3v) is 3.31. The van der Waals surface area contributed by atoms with Crippen molar-refractivity contribution in [1.82, 2.24) is 5.32 Å². The van der Waals surface area contributed by atoms with E-state index in [4.69, 9.17) is 11.5 Å². The molecule has 23 heavy (non-hydrogen) atoms. The highest BCUT2D eigenvalue weighted by molar-refractivity contribution is 5.95. The van der Waals surface area contributed by atoms with Gasteiger partial charge < -0.3 is 16.8 Å². The molecule has 0 spiro atoms. The Morgan fingerprint density at radius 2 is 1.52 bits per heavy atom. The highest BCUT2D eigenvalue weighted by Gasteiger charge is 2.29. The predicted octanol–water partition coefficient (Wildman–Crippen LogP) is 0.294. The summed E-state index contributed by atoms with van der Waals surface area (Å²) in [6.07, 6.45) is -0.0499. The van der Waals surface area contributed by atoms with Crippen molar-refractivity contribution < 1.29 is 19.2 Å². The summed E-state index contributed by atoms with van der Waals surface area (Å²) in [5, 5.41) is 2.48. The molecule has 5 N–H and O–H groups in total. The van der Waals surface area contributed by atoms with E-state index in [0.717, 1.165) is 0 Å². The van der Waals surface area contributed by atoms with Crippen LogP contribution in [0.3, 0.4) is 0 Å². The lowest BCUT2D eigenvalue weighted by Gasteiger charge is -2.22. The highest BCUT2D eigenvalue weighted by atomic mass is 16.2. The summed E-state index contributed by atoms with van der Waals surface area (Å²) in [6.45, 7) is 8.74. The molecule has 7 nitrogen and oxygen atoms in total. The molecule has 0 bridgehead atoms. The van der Waals surface area contributed by atoms with Crippen LogP contribution in [0.2, 0.25) is 0 Å². The molecule has 0 aliphatic carbocycles. The topological polar surface area (TPSA) is 132 Å². The number of Topliss-reactive ketones (excluding diaryl/α,β-unsaturated/α-hetero) is 2. The number of nitrogens with one attached hydrogen (secondary N) is 1. The van der Waals surface area contributed by atoms with Crippen LogP contribution in [0, 0.1) is 11.3 Å². The molecular weight excluding hydrogens is 298 g/mol. The zero-order valence-corrected chi connectivity index (χ0v) is 14.6. The van der Waals surface area contributed by atoms with Crippen LogP contribution in [-0.2, 0) is 19.2 Å². The van der Waals surface area contributed by atoms with E-state index in [-0.39, 0.29) is 36.2 Å². The maximum absolute atomic E-state index is 12.3. The maximum atomic E-state index is 12.3. The lowest BCUT2D eigenvalue weighted by molar-refractivity contribution is -0.133. The largest absolute Gasteiger partial charge is 0.370 e. The van der Waals surface area contributed by atoms with Gasteiger partial charge in [-0.25, -0.2) is 0 Å². The molecule has 0 radical (unpaired) electrons. The van der Waals surface area contributed by atoms with Crippen molar-refractivity contribution in [3.8, 4) is 0 Å². The van der Waals surface area contributed by atoms with Gasteiger partial charge in [-0.15, -0.1) is 0 Å². The third-order valence-electron chi connectivity index (χ3n) is 3.31. The predicted molar refractivity (Wildman–Crippen MR) is 87.3 cm³/mol. The molecule has 0 aromatic rings. The zero-order valence-electron chi connectivity index (χ0n) is 14.6. The van der Waals surface area contributed by atoms with Crippen molar-refractivity contribution in [2.45, 2.75) is 66.0 Å². The summed E-state index contributed by atoms with van der Waals surface area (Å²) in [7, 11) is 0. The van der Waals surface area contributed by atoms with E-state index in [1.54, 1.807) is 0 Å². The van der Waals surface area contributed by atoms with Crippen LogP contribution in [0.4, 0.5) is 0 Å². The van der Waals surface area contributed by atoms with Gasteiger partial charge in [0.2, 0.25) is 11.8 Å². The molecule has 0 aliphatic heterocycles. The maximum Gasteiger partial charge on any atom is 0.237 e. The fraction of sp³-hybridized carbons (Fsp3) is 0.750. The Balaban J connectivity index is 4.88. The highest BCUT2D eigenvalue weighted by Crippen LogP contribution is 2.24. The van der Waals surface area contributed by atoms with Gasteiger partial charge in [0.25, 0.3) is 0 Å². The van der Waals surface area contributed by atoms with Crippen molar-refractivity contribution in [2.75, 3.05) is 0 Å². The first-order valence-corrected chi connectivity index (χ1v) is 7.73. The first kappa shape index (κ1) is 21.2. The minimum absolute atomic E-state index is 0.127. The number of ketones is 2. The Kier molecular flexibility index (Phi) is 8.09. The summed E-state index contributed by atoms with van der Waals surface area (Å²) in [5.41, 5.74) is 10.4. The fourth-order valence-electron chi connectivity index (χ4n) is 2.05. The second-order valence-electron chi connectivity index (χ2n) is 7.26. The summed E-state index contributed by atoms with van der Waals surface area (Å²) in [5.74, 6) is -2.33. The molecule has 3 atom stereocenters. The zero-order chi connectivity index (χ0) is 18.4. The number of nitrogens with two attached hydrogens (primary N) is 2. The Labute approximate surface area is 137 Å². The summed E-state index contributed by atoms with van der Waals surface area (Å²) < 4.78 is 0. The van der Waals surface area contributed by atoms with Gasteiger partial charge in [-0.05, 0) is 19.3 Å². The molecule has 7 heteroatoms. The van der Waals surface area contributed by atoms with E-state index in [9.17, 15) is 19.2 Å². The minimum Gasteiger partial charge on any atom is -0.370 e. The molecule has 0 saturated heterocycles. The van der Waals surface area contributed by atoms with Gasteiger partial charge in [-0.3, -0.25) is 19.2 Å². The number of rotatable bonds is 9. The summed E-state index contributed by atoms with van der Waals surface area (Å²) in [4.78, 5) is 47.2. The van der Waals surface area contributed by atoms with Crippen LogP contribution < -0.4 is 16.8 Å². The van der Waals surface area contributed by atoms with Crippen LogP contribution in [0.1, 0.15) is 53.9 Å². The summed E-state index contributed by atoms with van der Waals surface area (Å²) >= 11 is 0. The van der Waals surface area contributed by atoms with Gasteiger partial charge in [-0.2, -0.15) is 0 Å². The Bertz CT molecular complexity index is 466. The first-order chi connectivity index (χ1) is 10.3. The number of carbonyl (C=O) groups excluding carboxylic acids is 4. The van der Waals surface area contributed by atoms with Gasteiger partial charge in [0.1, 0.15) is 5.78 Å². The van der Waals surface area contributed by atoms with Crippen LogP contribution >= 0.6 is 0 Å². The van der Waals surface area contributed by atoms with Crippen molar-refractivity contribution in [2.24, 2.45) is 22.8 Å². The molecule has 132 valence electrons. The number of hydrogen-bond donors (Lipinski definition) is 3. The number of amides is 2. The Hall–Kier alpha value is -1.76. The van der Waals surface area contributed by atoms with Crippen molar-refractivity contribution in [1.29, 1.82) is 0 Å². The second kappa shape index (κ2) is 8.76. The van der Waals surface area contributed by atoms with Crippen molar-refractivity contribution >= 4 is 23.4 Å². The molecule has 0 aromatic carbocycles. The van der Waals surface area contributed by atoms with E-state index < -0.39 is 29.8 Å². The first-order valence-electron chi connectivity index (χ1n) is 7.73. The van der Waals surface area contributed by atoms with E-state index in [0.29, 0.717) is 0 Å². The fourth-order valence-corrected chi connectivity index (χ4v) is 2.05. The van der Waals surface area contributed by atoms with E-state index in [1.807, 2.05) is 20.8 Å². The van der Waals surface area contributed by atoms with Gasteiger partial charge >= 0.3 is 0 Å². The number of carbonyl (C=O) groups is 4. The Morgan fingerprint density at radius 1 is 1.00 bits per heavy atom. The second-order valence-corrected chi connectivity index (χ2v) is 7.26. The standard InChI is InChI=1S/C16H29N3O4/c1-9(17)15(23)19-10(2)12(20)6-11(7-14(18)22)13(21)8-16(3,4)5/h9-11H,6-8,17H2,1-5H3,(H2,18,22)(H,19,23)/t9-,10-,11-/m0/s1. The number of hydrogen-bond acceptors (Lipinski definition) is 5. The van der Waals surface area contributed by atoms with Crippen LogP contribution in [0.25, 0.3) is 0 Å². The Morgan fingerprint density at radius 3 is 1.91 bits per heavy atom. The van der Waals surface area contributed by atoms with Crippen molar-refractivity contribution in [3.63, 3.8) is 0 Å². The lowest BCUT2D eigenvalue weighted by Crippen LogP contribution is -2.46. The molecule has 2 amide bonds. The lowest BCUT2D eigenvalue weighted by atomic mass is 9.82.